The van der Waals surface area contributed by atoms with Crippen LogP contribution in [0.5, 0.6) is 0 Å². The maximum atomic E-state index is 12.3. The van der Waals surface area contributed by atoms with Crippen molar-refractivity contribution in [2.45, 2.75) is 20.8 Å². The second-order valence-electron chi connectivity index (χ2n) is 6.94. The second kappa shape index (κ2) is 6.72. The van der Waals surface area contributed by atoms with Crippen LogP contribution >= 0.6 is 0 Å². The summed E-state index contributed by atoms with van der Waals surface area (Å²) in [5, 5.41) is 2.93. The van der Waals surface area contributed by atoms with Crippen LogP contribution in [-0.2, 0) is 0 Å². The standard InChI is InChI=1S/C23H21N3O/c1-14-4-6-18(7-5-14)23(27)24-19-10-8-17(9-11-19)22-25-20-12-15(2)16(3)13-21(20)26-22/h4-13H,1-3H3,(H,24,27)(H,25,26). The Morgan fingerprint density at radius 1 is 0.889 bits per heavy atom. The summed E-state index contributed by atoms with van der Waals surface area (Å²) in [6.07, 6.45) is 0. The van der Waals surface area contributed by atoms with Crippen LogP contribution in [0.2, 0.25) is 0 Å². The smallest absolute Gasteiger partial charge is 0.255 e. The van der Waals surface area contributed by atoms with Crippen LogP contribution in [0.25, 0.3) is 22.4 Å². The number of aromatic amines is 1. The second-order valence-corrected chi connectivity index (χ2v) is 6.94. The molecule has 0 spiro atoms. The van der Waals surface area contributed by atoms with E-state index in [9.17, 15) is 4.79 Å². The van der Waals surface area contributed by atoms with Gasteiger partial charge in [-0.3, -0.25) is 4.79 Å². The summed E-state index contributed by atoms with van der Waals surface area (Å²) >= 11 is 0. The van der Waals surface area contributed by atoms with E-state index in [1.807, 2.05) is 55.5 Å². The zero-order valence-electron chi connectivity index (χ0n) is 15.6. The molecule has 0 aliphatic carbocycles. The van der Waals surface area contributed by atoms with E-state index in [0.29, 0.717) is 5.56 Å². The van der Waals surface area contributed by atoms with Gasteiger partial charge >= 0.3 is 0 Å². The molecule has 1 heterocycles. The van der Waals surface area contributed by atoms with Gasteiger partial charge in [-0.15, -0.1) is 0 Å². The molecule has 0 aliphatic heterocycles. The van der Waals surface area contributed by atoms with Crippen LogP contribution in [0.15, 0.2) is 60.7 Å². The maximum absolute atomic E-state index is 12.3. The molecule has 0 aliphatic rings. The minimum Gasteiger partial charge on any atom is -0.338 e. The lowest BCUT2D eigenvalue weighted by Crippen LogP contribution is -2.11. The van der Waals surface area contributed by atoms with E-state index in [4.69, 9.17) is 0 Å². The van der Waals surface area contributed by atoms with Crippen molar-refractivity contribution in [3.05, 3.63) is 82.9 Å². The van der Waals surface area contributed by atoms with Crippen molar-refractivity contribution in [1.82, 2.24) is 9.97 Å². The third-order valence-corrected chi connectivity index (χ3v) is 4.83. The number of nitrogens with zero attached hydrogens (tertiary/aromatic N) is 1. The monoisotopic (exact) mass is 355 g/mol. The molecule has 4 heteroatoms. The first kappa shape index (κ1) is 17.0. The predicted octanol–water partition coefficient (Wildman–Crippen LogP) is 5.41. The number of carbonyl (C=O) groups is 1. The highest BCUT2D eigenvalue weighted by atomic mass is 16.1. The summed E-state index contributed by atoms with van der Waals surface area (Å²) in [5.41, 5.74) is 7.98. The number of rotatable bonds is 3. The molecular weight excluding hydrogens is 334 g/mol. The summed E-state index contributed by atoms with van der Waals surface area (Å²) in [6.45, 7) is 6.19. The number of fused-ring (bicyclic) bond motifs is 1. The van der Waals surface area contributed by atoms with Gasteiger partial charge in [0.2, 0.25) is 0 Å². The molecule has 0 unspecified atom stereocenters. The first-order valence-electron chi connectivity index (χ1n) is 8.95. The van der Waals surface area contributed by atoms with Crippen molar-refractivity contribution in [2.75, 3.05) is 5.32 Å². The number of benzene rings is 3. The van der Waals surface area contributed by atoms with E-state index in [1.165, 1.54) is 11.1 Å². The third kappa shape index (κ3) is 3.47. The molecule has 0 saturated carbocycles. The highest BCUT2D eigenvalue weighted by Crippen LogP contribution is 2.24. The lowest BCUT2D eigenvalue weighted by molar-refractivity contribution is 0.102. The number of H-pyrrole nitrogens is 1. The van der Waals surface area contributed by atoms with Crippen molar-refractivity contribution in [3.8, 4) is 11.4 Å². The molecule has 1 amide bonds. The largest absolute Gasteiger partial charge is 0.338 e. The molecule has 0 fully saturated rings. The van der Waals surface area contributed by atoms with Crippen molar-refractivity contribution >= 4 is 22.6 Å². The molecule has 2 N–H and O–H groups in total. The number of aryl methyl sites for hydroxylation is 3. The van der Waals surface area contributed by atoms with Crippen LogP contribution in [0.3, 0.4) is 0 Å². The van der Waals surface area contributed by atoms with E-state index in [-0.39, 0.29) is 5.91 Å². The molecule has 3 aromatic carbocycles. The Labute approximate surface area is 158 Å². The quantitative estimate of drug-likeness (QED) is 0.516. The molecule has 134 valence electrons. The number of carbonyl (C=O) groups excluding carboxylic acids is 1. The van der Waals surface area contributed by atoms with E-state index in [0.717, 1.165) is 33.7 Å². The van der Waals surface area contributed by atoms with Crippen LogP contribution in [0.4, 0.5) is 5.69 Å². The number of imidazole rings is 1. The third-order valence-electron chi connectivity index (χ3n) is 4.83. The molecule has 0 radical (unpaired) electrons. The minimum atomic E-state index is -0.113. The topological polar surface area (TPSA) is 57.8 Å². The van der Waals surface area contributed by atoms with Crippen molar-refractivity contribution < 1.29 is 4.79 Å². The maximum Gasteiger partial charge on any atom is 0.255 e. The van der Waals surface area contributed by atoms with E-state index < -0.39 is 0 Å². The Hall–Kier alpha value is -3.40. The summed E-state index contributed by atoms with van der Waals surface area (Å²) in [7, 11) is 0. The van der Waals surface area contributed by atoms with Crippen molar-refractivity contribution in [3.63, 3.8) is 0 Å². The average Bonchev–Trinajstić information content (AvgIpc) is 3.06. The summed E-state index contributed by atoms with van der Waals surface area (Å²) in [5.74, 6) is 0.712. The molecule has 1 aromatic heterocycles. The number of anilines is 1. The van der Waals surface area contributed by atoms with Crippen molar-refractivity contribution in [2.24, 2.45) is 0 Å². The van der Waals surface area contributed by atoms with Gasteiger partial charge in [-0.2, -0.15) is 0 Å². The van der Waals surface area contributed by atoms with Gasteiger partial charge in [-0.1, -0.05) is 17.7 Å². The highest BCUT2D eigenvalue weighted by Gasteiger charge is 2.09. The molecule has 27 heavy (non-hydrogen) atoms. The Bertz CT molecular complexity index is 1080. The number of hydrogen-bond acceptors (Lipinski definition) is 2. The number of nitrogens with one attached hydrogen (secondary N) is 2. The normalized spacial score (nSPS) is 10.9. The van der Waals surface area contributed by atoms with Crippen LogP contribution in [0, 0.1) is 20.8 Å². The predicted molar refractivity (Wildman–Crippen MR) is 110 cm³/mol. The van der Waals surface area contributed by atoms with Gasteiger partial charge in [0.25, 0.3) is 5.91 Å². The molecule has 0 bridgehead atoms. The van der Waals surface area contributed by atoms with Gasteiger partial charge in [0.1, 0.15) is 5.82 Å². The Morgan fingerprint density at radius 3 is 2.26 bits per heavy atom. The lowest BCUT2D eigenvalue weighted by Gasteiger charge is -2.06. The zero-order valence-corrected chi connectivity index (χ0v) is 15.6. The summed E-state index contributed by atoms with van der Waals surface area (Å²) in [6, 6.07) is 19.5. The fourth-order valence-electron chi connectivity index (χ4n) is 3.03. The molecule has 4 aromatic rings. The highest BCUT2D eigenvalue weighted by molar-refractivity contribution is 6.04. The van der Waals surface area contributed by atoms with Crippen LogP contribution in [-0.4, -0.2) is 15.9 Å². The minimum absolute atomic E-state index is 0.113. The Morgan fingerprint density at radius 2 is 1.56 bits per heavy atom. The van der Waals surface area contributed by atoms with Gasteiger partial charge in [-0.25, -0.2) is 4.98 Å². The molecule has 4 rings (SSSR count). The molecular formula is C23H21N3O. The average molecular weight is 355 g/mol. The molecule has 0 atom stereocenters. The van der Waals surface area contributed by atoms with E-state index in [1.54, 1.807) is 0 Å². The fourth-order valence-corrected chi connectivity index (χ4v) is 3.03. The molecule has 0 saturated heterocycles. The first-order chi connectivity index (χ1) is 13.0. The number of hydrogen-bond donors (Lipinski definition) is 2. The van der Waals surface area contributed by atoms with Gasteiger partial charge in [-0.05, 0) is 80.4 Å². The number of amides is 1. The SMILES string of the molecule is Cc1ccc(C(=O)Nc2ccc(-c3nc4cc(C)c(C)cc4[nH]3)cc2)cc1. The zero-order chi connectivity index (χ0) is 19.0. The van der Waals surface area contributed by atoms with Crippen LogP contribution in [0.1, 0.15) is 27.0 Å². The Kier molecular flexibility index (Phi) is 4.24. The van der Waals surface area contributed by atoms with Gasteiger partial charge in [0.15, 0.2) is 0 Å². The summed E-state index contributed by atoms with van der Waals surface area (Å²) in [4.78, 5) is 20.4. The van der Waals surface area contributed by atoms with Crippen molar-refractivity contribution in [1.29, 1.82) is 0 Å². The van der Waals surface area contributed by atoms with E-state index in [2.05, 4.69) is 41.3 Å². The summed E-state index contributed by atoms with van der Waals surface area (Å²) < 4.78 is 0. The van der Waals surface area contributed by atoms with Gasteiger partial charge in [0, 0.05) is 16.8 Å². The van der Waals surface area contributed by atoms with Gasteiger partial charge < -0.3 is 10.3 Å². The first-order valence-corrected chi connectivity index (χ1v) is 8.95. The Balaban J connectivity index is 1.55. The fraction of sp³-hybridized carbons (Fsp3) is 0.130. The molecule has 4 nitrogen and oxygen atoms in total. The lowest BCUT2D eigenvalue weighted by atomic mass is 10.1. The van der Waals surface area contributed by atoms with Crippen LogP contribution < -0.4 is 5.32 Å². The van der Waals surface area contributed by atoms with Gasteiger partial charge in [0.05, 0.1) is 11.0 Å². The number of aromatic nitrogens is 2. The van der Waals surface area contributed by atoms with E-state index >= 15 is 0 Å².